The number of halogens is 2. The van der Waals surface area contributed by atoms with Gasteiger partial charge in [0.2, 0.25) is 0 Å². The fraction of sp³-hybridized carbons (Fsp3) is 0.600. The van der Waals surface area contributed by atoms with Crippen LogP contribution in [0.15, 0.2) is 18.2 Å². The van der Waals surface area contributed by atoms with E-state index in [1.165, 1.54) is 12.1 Å². The molecule has 0 saturated carbocycles. The van der Waals surface area contributed by atoms with Gasteiger partial charge < -0.3 is 14.8 Å². The summed E-state index contributed by atoms with van der Waals surface area (Å²) in [5.41, 5.74) is 0.928. The lowest BCUT2D eigenvalue weighted by Gasteiger charge is -2.19. The fourth-order valence-electron chi connectivity index (χ4n) is 1.86. The Morgan fingerprint density at radius 3 is 2.80 bits per heavy atom. The number of ether oxygens (including phenoxy) is 2. The van der Waals surface area contributed by atoms with Crippen molar-refractivity contribution in [3.63, 3.8) is 0 Å². The maximum absolute atomic E-state index is 13.0. The Labute approximate surface area is 125 Å². The SMILES string of the molecule is CCCNC(COCCOC)Cc1ccc(F)cc1Cl. The third kappa shape index (κ3) is 6.66. The van der Waals surface area contributed by atoms with Crippen LogP contribution in [0.4, 0.5) is 4.39 Å². The van der Waals surface area contributed by atoms with Crippen LogP contribution in [0, 0.1) is 5.82 Å². The Bertz CT molecular complexity index is 390. The van der Waals surface area contributed by atoms with E-state index in [9.17, 15) is 4.39 Å². The van der Waals surface area contributed by atoms with Gasteiger partial charge >= 0.3 is 0 Å². The second-order valence-corrected chi connectivity index (χ2v) is 5.07. The third-order valence-corrected chi connectivity index (χ3v) is 3.27. The minimum absolute atomic E-state index is 0.162. The Morgan fingerprint density at radius 1 is 1.35 bits per heavy atom. The molecular weight excluding hydrogens is 281 g/mol. The van der Waals surface area contributed by atoms with E-state index in [1.54, 1.807) is 13.2 Å². The van der Waals surface area contributed by atoms with E-state index >= 15 is 0 Å². The molecule has 1 atom stereocenters. The molecule has 0 heterocycles. The van der Waals surface area contributed by atoms with Gasteiger partial charge in [0, 0.05) is 18.2 Å². The maximum atomic E-state index is 13.0. The standard InChI is InChI=1S/C15H23ClFNO2/c1-3-6-18-14(11-20-8-7-19-2)9-12-4-5-13(17)10-15(12)16/h4-5,10,14,18H,3,6-9,11H2,1-2H3. The molecule has 1 unspecified atom stereocenters. The second-order valence-electron chi connectivity index (χ2n) is 4.66. The van der Waals surface area contributed by atoms with Crippen molar-refractivity contribution in [2.75, 3.05) is 33.5 Å². The van der Waals surface area contributed by atoms with E-state index in [2.05, 4.69) is 12.2 Å². The molecule has 0 aliphatic carbocycles. The lowest BCUT2D eigenvalue weighted by atomic mass is 10.1. The van der Waals surface area contributed by atoms with Crippen molar-refractivity contribution in [3.8, 4) is 0 Å². The highest BCUT2D eigenvalue weighted by Gasteiger charge is 2.12. The first-order valence-corrected chi connectivity index (χ1v) is 7.29. The average Bonchev–Trinajstić information content (AvgIpc) is 2.43. The second kappa shape index (κ2) is 10.1. The van der Waals surface area contributed by atoms with Gasteiger partial charge in [0.25, 0.3) is 0 Å². The summed E-state index contributed by atoms with van der Waals surface area (Å²) >= 11 is 6.06. The quantitative estimate of drug-likeness (QED) is 0.674. The topological polar surface area (TPSA) is 30.5 Å². The van der Waals surface area contributed by atoms with Crippen LogP contribution in [0.1, 0.15) is 18.9 Å². The van der Waals surface area contributed by atoms with Crippen LogP contribution in [0.5, 0.6) is 0 Å². The van der Waals surface area contributed by atoms with Crippen LogP contribution in [-0.2, 0) is 15.9 Å². The first-order valence-electron chi connectivity index (χ1n) is 6.91. The first-order chi connectivity index (χ1) is 9.67. The monoisotopic (exact) mass is 303 g/mol. The van der Waals surface area contributed by atoms with Crippen molar-refractivity contribution in [1.29, 1.82) is 0 Å². The Kier molecular flexibility index (Phi) is 8.78. The minimum Gasteiger partial charge on any atom is -0.382 e. The predicted molar refractivity (Wildman–Crippen MR) is 79.9 cm³/mol. The summed E-state index contributed by atoms with van der Waals surface area (Å²) < 4.78 is 23.5. The van der Waals surface area contributed by atoms with Gasteiger partial charge in [-0.2, -0.15) is 0 Å². The van der Waals surface area contributed by atoms with E-state index in [-0.39, 0.29) is 11.9 Å². The molecule has 0 aliphatic rings. The number of hydrogen-bond donors (Lipinski definition) is 1. The van der Waals surface area contributed by atoms with Crippen LogP contribution >= 0.6 is 11.6 Å². The smallest absolute Gasteiger partial charge is 0.124 e. The normalized spacial score (nSPS) is 12.6. The zero-order valence-corrected chi connectivity index (χ0v) is 12.9. The first kappa shape index (κ1) is 17.4. The van der Waals surface area contributed by atoms with Gasteiger partial charge in [0.15, 0.2) is 0 Å². The number of benzene rings is 1. The Balaban J connectivity index is 2.53. The van der Waals surface area contributed by atoms with Gasteiger partial charge in [-0.05, 0) is 37.1 Å². The lowest BCUT2D eigenvalue weighted by Crippen LogP contribution is -2.36. The molecule has 0 aliphatic heterocycles. The summed E-state index contributed by atoms with van der Waals surface area (Å²) in [5.74, 6) is -0.312. The fourth-order valence-corrected chi connectivity index (χ4v) is 2.10. The summed E-state index contributed by atoms with van der Waals surface area (Å²) in [5, 5.41) is 3.88. The number of methoxy groups -OCH3 is 1. The largest absolute Gasteiger partial charge is 0.382 e. The highest BCUT2D eigenvalue weighted by molar-refractivity contribution is 6.31. The molecule has 1 rings (SSSR count). The molecule has 0 fully saturated rings. The summed E-state index contributed by atoms with van der Waals surface area (Å²) in [7, 11) is 1.65. The van der Waals surface area contributed by atoms with E-state index in [4.69, 9.17) is 21.1 Å². The lowest BCUT2D eigenvalue weighted by molar-refractivity contribution is 0.0587. The minimum atomic E-state index is -0.312. The zero-order chi connectivity index (χ0) is 14.8. The molecule has 0 bridgehead atoms. The van der Waals surface area contributed by atoms with Crippen molar-refractivity contribution in [2.45, 2.75) is 25.8 Å². The molecule has 0 radical (unpaired) electrons. The number of rotatable bonds is 10. The average molecular weight is 304 g/mol. The van der Waals surface area contributed by atoms with Gasteiger partial charge in [-0.25, -0.2) is 4.39 Å². The van der Waals surface area contributed by atoms with Crippen molar-refractivity contribution in [2.24, 2.45) is 0 Å². The van der Waals surface area contributed by atoms with E-state index in [0.717, 1.165) is 18.5 Å². The van der Waals surface area contributed by atoms with Crippen molar-refractivity contribution in [1.82, 2.24) is 5.32 Å². The molecule has 1 N–H and O–H groups in total. The maximum Gasteiger partial charge on any atom is 0.124 e. The van der Waals surface area contributed by atoms with E-state index in [1.807, 2.05) is 0 Å². The van der Waals surface area contributed by atoms with Gasteiger partial charge in [-0.3, -0.25) is 0 Å². The highest BCUT2D eigenvalue weighted by Crippen LogP contribution is 2.19. The third-order valence-electron chi connectivity index (χ3n) is 2.92. The van der Waals surface area contributed by atoms with E-state index in [0.29, 0.717) is 31.3 Å². The van der Waals surface area contributed by atoms with Crippen LogP contribution in [0.2, 0.25) is 5.02 Å². The Morgan fingerprint density at radius 2 is 2.15 bits per heavy atom. The van der Waals surface area contributed by atoms with Crippen LogP contribution < -0.4 is 5.32 Å². The van der Waals surface area contributed by atoms with Gasteiger partial charge in [0.1, 0.15) is 5.82 Å². The molecule has 0 aromatic heterocycles. The van der Waals surface area contributed by atoms with Crippen LogP contribution in [0.25, 0.3) is 0 Å². The van der Waals surface area contributed by atoms with Crippen molar-refractivity contribution in [3.05, 3.63) is 34.6 Å². The van der Waals surface area contributed by atoms with Gasteiger partial charge in [-0.15, -0.1) is 0 Å². The van der Waals surface area contributed by atoms with Crippen molar-refractivity contribution >= 4 is 11.6 Å². The molecule has 1 aromatic rings. The predicted octanol–water partition coefficient (Wildman–Crippen LogP) is 3.05. The molecule has 5 heteroatoms. The number of hydrogen-bond acceptors (Lipinski definition) is 3. The van der Waals surface area contributed by atoms with E-state index < -0.39 is 0 Å². The molecule has 114 valence electrons. The summed E-state index contributed by atoms with van der Waals surface area (Å²) in [4.78, 5) is 0. The van der Waals surface area contributed by atoms with Crippen LogP contribution in [0.3, 0.4) is 0 Å². The molecular formula is C15H23ClFNO2. The van der Waals surface area contributed by atoms with Gasteiger partial charge in [0.05, 0.1) is 19.8 Å². The molecule has 20 heavy (non-hydrogen) atoms. The molecule has 1 aromatic carbocycles. The summed E-state index contributed by atoms with van der Waals surface area (Å²) in [6.07, 6.45) is 1.76. The summed E-state index contributed by atoms with van der Waals surface area (Å²) in [6.45, 7) is 4.75. The van der Waals surface area contributed by atoms with Gasteiger partial charge in [-0.1, -0.05) is 24.6 Å². The van der Waals surface area contributed by atoms with Crippen LogP contribution in [-0.4, -0.2) is 39.5 Å². The molecule has 0 spiro atoms. The molecule has 3 nitrogen and oxygen atoms in total. The molecule has 0 amide bonds. The summed E-state index contributed by atoms with van der Waals surface area (Å²) in [6, 6.07) is 4.67. The zero-order valence-electron chi connectivity index (χ0n) is 12.1. The number of nitrogens with one attached hydrogen (secondary N) is 1. The van der Waals surface area contributed by atoms with Crippen molar-refractivity contribution < 1.29 is 13.9 Å². The Hall–Kier alpha value is -0.680. The highest BCUT2D eigenvalue weighted by atomic mass is 35.5. The molecule has 0 saturated heterocycles.